The monoisotopic (exact) mass is 463 g/mol. The number of nitrogens with zero attached hydrogens (tertiary/aromatic N) is 6. The maximum Gasteiger partial charge on any atom is 0.434 e. The number of nitrogens with one attached hydrogen (secondary N) is 1. The number of likely N-dealkylation sites (N-methyl/N-ethyl adjacent to an activating group) is 1. The van der Waals surface area contributed by atoms with Gasteiger partial charge in [0.2, 0.25) is 17.7 Å². The maximum absolute atomic E-state index is 12.6. The van der Waals surface area contributed by atoms with Crippen LogP contribution in [-0.2, 0) is 17.4 Å². The van der Waals surface area contributed by atoms with E-state index in [0.29, 0.717) is 25.3 Å². The molecule has 33 heavy (non-hydrogen) atoms. The minimum absolute atomic E-state index is 0.0767. The van der Waals surface area contributed by atoms with Crippen LogP contribution in [0.4, 0.5) is 30.6 Å². The number of hydrogen-bond donors (Lipinski definition) is 1. The van der Waals surface area contributed by atoms with E-state index in [9.17, 15) is 18.0 Å². The molecule has 176 valence electrons. The van der Waals surface area contributed by atoms with Crippen LogP contribution < -0.4 is 19.9 Å². The minimum Gasteiger partial charge on any atom is -0.476 e. The molecule has 2 aromatic rings. The van der Waals surface area contributed by atoms with Gasteiger partial charge >= 0.3 is 6.18 Å². The summed E-state index contributed by atoms with van der Waals surface area (Å²) >= 11 is 0. The van der Waals surface area contributed by atoms with E-state index in [4.69, 9.17) is 9.72 Å². The van der Waals surface area contributed by atoms with Crippen LogP contribution in [0.2, 0.25) is 0 Å². The molecule has 1 saturated carbocycles. The SMILES string of the molecule is C[C@H]1C(=O)N2CCCc3nc(N[C@H]4C[C@@H](COc5cnc(C(F)(F)F)cn5)C4)nc(c32)N1C. The smallest absolute Gasteiger partial charge is 0.434 e. The first-order valence-electron chi connectivity index (χ1n) is 10.9. The summed E-state index contributed by atoms with van der Waals surface area (Å²) in [6.07, 6.45) is 0.474. The Morgan fingerprint density at radius 1 is 1.21 bits per heavy atom. The lowest BCUT2D eigenvalue weighted by Crippen LogP contribution is -2.53. The summed E-state index contributed by atoms with van der Waals surface area (Å²) in [5.41, 5.74) is 0.676. The molecular formula is C21H24F3N7O2. The molecule has 1 aliphatic carbocycles. The second kappa shape index (κ2) is 7.99. The summed E-state index contributed by atoms with van der Waals surface area (Å²) < 4.78 is 43.2. The Labute approximate surface area is 188 Å². The van der Waals surface area contributed by atoms with Crippen molar-refractivity contribution in [1.82, 2.24) is 19.9 Å². The molecule has 1 amide bonds. The summed E-state index contributed by atoms with van der Waals surface area (Å²) in [4.78, 5) is 32.8. The standard InChI is InChI=1S/C21H24F3N7O2/c1-11-19(32)31-5-3-4-14-17(31)18(30(11)2)29-20(28-14)27-13-6-12(7-13)10-33-16-9-25-15(8-26-16)21(22,23)24/h8-9,11-13H,3-7,10H2,1-2H3,(H,27,28,29)/t11-,12-,13+/m0/s1. The predicted octanol–water partition coefficient (Wildman–Crippen LogP) is 2.67. The highest BCUT2D eigenvalue weighted by atomic mass is 19.4. The topological polar surface area (TPSA) is 96.4 Å². The number of aromatic nitrogens is 4. The molecule has 0 radical (unpaired) electrons. The third kappa shape index (κ3) is 4.02. The first kappa shape index (κ1) is 21.7. The van der Waals surface area contributed by atoms with E-state index >= 15 is 0 Å². The van der Waals surface area contributed by atoms with Crippen LogP contribution in [0.15, 0.2) is 12.4 Å². The average Bonchev–Trinajstić information content (AvgIpc) is 2.76. The summed E-state index contributed by atoms with van der Waals surface area (Å²) in [6, 6.07) is -0.0973. The number of rotatable bonds is 5. The summed E-state index contributed by atoms with van der Waals surface area (Å²) in [6.45, 7) is 2.93. The third-order valence-corrected chi connectivity index (χ3v) is 6.50. The normalized spacial score (nSPS) is 24.3. The number of carbonyl (C=O) groups excluding carboxylic acids is 1. The molecule has 2 aromatic heterocycles. The number of carbonyl (C=O) groups is 1. The fraction of sp³-hybridized carbons (Fsp3) is 0.571. The van der Waals surface area contributed by atoms with Gasteiger partial charge in [0.1, 0.15) is 11.7 Å². The van der Waals surface area contributed by atoms with Crippen LogP contribution >= 0.6 is 0 Å². The molecule has 3 aliphatic rings. The fourth-order valence-electron chi connectivity index (χ4n) is 4.47. The number of ether oxygens (including phenoxy) is 1. The van der Waals surface area contributed by atoms with Crippen LogP contribution in [-0.4, -0.2) is 58.1 Å². The largest absolute Gasteiger partial charge is 0.476 e. The molecule has 4 heterocycles. The van der Waals surface area contributed by atoms with Crippen LogP contribution in [0.5, 0.6) is 5.88 Å². The number of anilines is 3. The highest BCUT2D eigenvalue weighted by Gasteiger charge is 2.39. The zero-order valence-corrected chi connectivity index (χ0v) is 18.3. The second-order valence-electron chi connectivity index (χ2n) is 8.77. The molecule has 12 heteroatoms. The van der Waals surface area contributed by atoms with Crippen molar-refractivity contribution >= 4 is 23.4 Å². The van der Waals surface area contributed by atoms with E-state index in [-0.39, 0.29) is 29.8 Å². The van der Waals surface area contributed by atoms with Crippen molar-refractivity contribution in [3.05, 3.63) is 23.8 Å². The van der Waals surface area contributed by atoms with Crippen molar-refractivity contribution in [2.45, 2.75) is 50.9 Å². The van der Waals surface area contributed by atoms with E-state index in [0.717, 1.165) is 49.1 Å². The van der Waals surface area contributed by atoms with Gasteiger partial charge in [0.15, 0.2) is 11.5 Å². The Balaban J connectivity index is 1.18. The molecule has 5 rings (SSSR count). The van der Waals surface area contributed by atoms with Gasteiger partial charge in [-0.3, -0.25) is 4.79 Å². The van der Waals surface area contributed by atoms with Gasteiger partial charge in [0.25, 0.3) is 0 Å². The first-order chi connectivity index (χ1) is 15.7. The van der Waals surface area contributed by atoms with Crippen LogP contribution in [0.3, 0.4) is 0 Å². The first-order valence-corrected chi connectivity index (χ1v) is 10.9. The molecule has 1 N–H and O–H groups in total. The molecule has 9 nitrogen and oxygen atoms in total. The number of alkyl halides is 3. The van der Waals surface area contributed by atoms with Gasteiger partial charge in [0, 0.05) is 19.6 Å². The van der Waals surface area contributed by atoms with E-state index in [2.05, 4.69) is 20.3 Å². The summed E-state index contributed by atoms with van der Waals surface area (Å²) in [7, 11) is 1.88. The lowest BCUT2D eigenvalue weighted by molar-refractivity contribution is -0.141. The molecule has 0 saturated heterocycles. The number of halogens is 3. The molecule has 1 atom stereocenters. The van der Waals surface area contributed by atoms with Crippen molar-refractivity contribution in [1.29, 1.82) is 0 Å². The quantitative estimate of drug-likeness (QED) is 0.723. The van der Waals surface area contributed by atoms with Gasteiger partial charge in [-0.2, -0.15) is 18.2 Å². The summed E-state index contributed by atoms with van der Waals surface area (Å²) in [5, 5.41) is 3.38. The molecule has 2 aliphatic heterocycles. The van der Waals surface area contributed by atoms with Crippen molar-refractivity contribution < 1.29 is 22.7 Å². The molecular weight excluding hydrogens is 439 g/mol. The Morgan fingerprint density at radius 2 is 2.00 bits per heavy atom. The van der Waals surface area contributed by atoms with Crippen molar-refractivity contribution in [3.63, 3.8) is 0 Å². The van der Waals surface area contributed by atoms with Crippen molar-refractivity contribution in [2.24, 2.45) is 5.92 Å². The molecule has 0 aromatic carbocycles. The van der Waals surface area contributed by atoms with Gasteiger partial charge < -0.3 is 19.9 Å². The zero-order chi connectivity index (χ0) is 23.3. The predicted molar refractivity (Wildman–Crippen MR) is 113 cm³/mol. The van der Waals surface area contributed by atoms with Gasteiger partial charge in [0.05, 0.1) is 24.7 Å². The van der Waals surface area contributed by atoms with Gasteiger partial charge in [-0.15, -0.1) is 0 Å². The Morgan fingerprint density at radius 3 is 2.70 bits per heavy atom. The lowest BCUT2D eigenvalue weighted by atomic mass is 9.81. The maximum atomic E-state index is 12.6. The van der Waals surface area contributed by atoms with E-state index < -0.39 is 11.9 Å². The zero-order valence-electron chi connectivity index (χ0n) is 18.3. The molecule has 1 fully saturated rings. The van der Waals surface area contributed by atoms with Crippen molar-refractivity contribution in [3.8, 4) is 5.88 Å². The van der Waals surface area contributed by atoms with E-state index in [1.165, 1.54) is 0 Å². The Bertz CT molecular complexity index is 1060. The third-order valence-electron chi connectivity index (χ3n) is 6.50. The van der Waals surface area contributed by atoms with Gasteiger partial charge in [-0.1, -0.05) is 0 Å². The van der Waals surface area contributed by atoms with E-state index in [1.807, 2.05) is 23.8 Å². The highest BCUT2D eigenvalue weighted by molar-refractivity contribution is 6.05. The van der Waals surface area contributed by atoms with Gasteiger partial charge in [-0.25, -0.2) is 15.0 Å². The molecule has 0 bridgehead atoms. The Hall–Kier alpha value is -3.18. The van der Waals surface area contributed by atoms with Crippen LogP contribution in [0, 0.1) is 5.92 Å². The minimum atomic E-state index is -4.52. The Kier molecular flexibility index (Phi) is 5.25. The lowest BCUT2D eigenvalue weighted by Gasteiger charge is -2.42. The highest BCUT2D eigenvalue weighted by Crippen LogP contribution is 2.40. The van der Waals surface area contributed by atoms with Gasteiger partial charge in [-0.05, 0) is 38.5 Å². The second-order valence-corrected chi connectivity index (χ2v) is 8.77. The van der Waals surface area contributed by atoms with Crippen molar-refractivity contribution in [2.75, 3.05) is 35.3 Å². The number of aryl methyl sites for hydroxylation is 1. The van der Waals surface area contributed by atoms with Crippen LogP contribution in [0.1, 0.15) is 37.6 Å². The average molecular weight is 463 g/mol. The summed E-state index contributed by atoms with van der Waals surface area (Å²) in [5.74, 6) is 1.73. The fourth-order valence-corrected chi connectivity index (χ4v) is 4.47. The van der Waals surface area contributed by atoms with Crippen LogP contribution in [0.25, 0.3) is 0 Å². The number of hydrogen-bond acceptors (Lipinski definition) is 8. The molecule has 0 spiro atoms. The number of amides is 1. The van der Waals surface area contributed by atoms with E-state index in [1.54, 1.807) is 0 Å². The molecule has 0 unspecified atom stereocenters.